The van der Waals surface area contributed by atoms with Crippen molar-refractivity contribution in [2.75, 3.05) is 11.9 Å². The summed E-state index contributed by atoms with van der Waals surface area (Å²) in [4.78, 5) is 29.3. The van der Waals surface area contributed by atoms with E-state index in [4.69, 9.17) is 4.74 Å². The second kappa shape index (κ2) is 8.31. The Labute approximate surface area is 164 Å². The summed E-state index contributed by atoms with van der Waals surface area (Å²) in [5.41, 5.74) is 2.55. The highest BCUT2D eigenvalue weighted by Crippen LogP contribution is 2.26. The first-order valence-corrected chi connectivity index (χ1v) is 10.3. The molecule has 7 heteroatoms. The van der Waals surface area contributed by atoms with E-state index in [1.54, 1.807) is 0 Å². The maximum absolute atomic E-state index is 12.5. The molecule has 7 nitrogen and oxygen atoms in total. The summed E-state index contributed by atoms with van der Waals surface area (Å²) in [6.45, 7) is 1.01. The van der Waals surface area contributed by atoms with Gasteiger partial charge in [-0.3, -0.25) is 9.59 Å². The summed E-state index contributed by atoms with van der Waals surface area (Å²) >= 11 is 0. The van der Waals surface area contributed by atoms with Crippen LogP contribution in [0.1, 0.15) is 50.8 Å². The maximum atomic E-state index is 12.5. The number of benzene rings is 1. The van der Waals surface area contributed by atoms with Crippen LogP contribution in [0, 0.1) is 5.92 Å². The number of hydrogen-bond donors (Lipinski definition) is 2. The fourth-order valence-corrected chi connectivity index (χ4v) is 4.16. The van der Waals surface area contributed by atoms with Gasteiger partial charge in [0.25, 0.3) is 0 Å². The third kappa shape index (κ3) is 4.04. The van der Waals surface area contributed by atoms with Crippen LogP contribution in [-0.2, 0) is 27.9 Å². The third-order valence-corrected chi connectivity index (χ3v) is 5.86. The highest BCUT2D eigenvalue weighted by atomic mass is 16.5. The summed E-state index contributed by atoms with van der Waals surface area (Å²) in [6.07, 6.45) is 6.83. The Bertz CT molecular complexity index is 864. The lowest BCUT2D eigenvalue weighted by Crippen LogP contribution is -2.34. The lowest BCUT2D eigenvalue weighted by Gasteiger charge is -2.20. The van der Waals surface area contributed by atoms with E-state index >= 15 is 0 Å². The zero-order valence-corrected chi connectivity index (χ0v) is 16.4. The molecule has 2 amide bonds. The van der Waals surface area contributed by atoms with Gasteiger partial charge >= 0.3 is 0 Å². The van der Waals surface area contributed by atoms with E-state index in [2.05, 4.69) is 15.6 Å². The van der Waals surface area contributed by atoms with Crippen LogP contribution >= 0.6 is 0 Å². The number of hydrogen-bond acceptors (Lipinski definition) is 4. The molecule has 4 rings (SSSR count). The first-order chi connectivity index (χ1) is 13.6. The molecule has 2 N–H and O–H groups in total. The smallest absolute Gasteiger partial charge is 0.249 e. The Morgan fingerprint density at radius 2 is 1.96 bits per heavy atom. The van der Waals surface area contributed by atoms with Crippen LogP contribution < -0.4 is 10.6 Å². The van der Waals surface area contributed by atoms with Crippen LogP contribution in [0.15, 0.2) is 18.2 Å². The van der Waals surface area contributed by atoms with Crippen LogP contribution in [-0.4, -0.2) is 34.1 Å². The molecule has 1 aliphatic carbocycles. The number of carbonyl (C=O) groups is 2. The molecule has 28 heavy (non-hydrogen) atoms. The van der Waals surface area contributed by atoms with Gasteiger partial charge in [0.05, 0.1) is 17.6 Å². The van der Waals surface area contributed by atoms with E-state index in [1.807, 2.05) is 29.8 Å². The number of anilines is 1. The second-order valence-corrected chi connectivity index (χ2v) is 7.83. The van der Waals surface area contributed by atoms with Crippen LogP contribution in [0.25, 0.3) is 11.0 Å². The predicted octanol–water partition coefficient (Wildman–Crippen LogP) is 2.89. The molecule has 0 unspecified atom stereocenters. The van der Waals surface area contributed by atoms with Gasteiger partial charge in [-0.2, -0.15) is 0 Å². The van der Waals surface area contributed by atoms with Crippen molar-refractivity contribution in [3.8, 4) is 0 Å². The van der Waals surface area contributed by atoms with Gasteiger partial charge in [-0.15, -0.1) is 0 Å². The first kappa shape index (κ1) is 18.9. The molecule has 2 aliphatic rings. The highest BCUT2D eigenvalue weighted by Gasteiger charge is 2.24. The van der Waals surface area contributed by atoms with E-state index in [0.717, 1.165) is 61.1 Å². The molecule has 0 spiro atoms. The molecule has 1 aromatic heterocycles. The predicted molar refractivity (Wildman–Crippen MR) is 107 cm³/mol. The minimum atomic E-state index is -0.337. The number of nitrogens with one attached hydrogen (secondary N) is 2. The fourth-order valence-electron chi connectivity index (χ4n) is 4.16. The number of ether oxygens (including phenoxy) is 1. The molecule has 1 aliphatic heterocycles. The number of aromatic nitrogens is 2. The maximum Gasteiger partial charge on any atom is 0.249 e. The second-order valence-electron chi connectivity index (χ2n) is 7.83. The van der Waals surface area contributed by atoms with Gasteiger partial charge in [0, 0.05) is 25.3 Å². The quantitative estimate of drug-likeness (QED) is 0.830. The Hall–Kier alpha value is -2.41. The topological polar surface area (TPSA) is 85.2 Å². The Morgan fingerprint density at radius 1 is 1.14 bits per heavy atom. The van der Waals surface area contributed by atoms with Crippen LogP contribution in [0.4, 0.5) is 5.69 Å². The van der Waals surface area contributed by atoms with Crippen LogP contribution in [0.3, 0.4) is 0 Å². The number of fused-ring (bicyclic) bond motifs is 1. The lowest BCUT2D eigenvalue weighted by atomic mass is 9.88. The molecule has 150 valence electrons. The standard InChI is InChI=1S/C21H28N4O3/c1-25-17-10-9-15(23-20(26)14-6-3-2-4-7-14)12-16(17)24-19(25)13-22-21(27)18-8-5-11-28-18/h9-10,12,14,18H,2-8,11,13H2,1H3,(H,22,27)(H,23,26)/t18-/m1/s1. The van der Waals surface area contributed by atoms with Crippen molar-refractivity contribution in [3.63, 3.8) is 0 Å². The minimum Gasteiger partial charge on any atom is -0.368 e. The van der Waals surface area contributed by atoms with Gasteiger partial charge in [-0.25, -0.2) is 4.98 Å². The van der Waals surface area contributed by atoms with Crippen molar-refractivity contribution in [1.82, 2.24) is 14.9 Å². The highest BCUT2D eigenvalue weighted by molar-refractivity contribution is 5.94. The molecule has 1 saturated heterocycles. The lowest BCUT2D eigenvalue weighted by molar-refractivity contribution is -0.130. The molecule has 2 aromatic rings. The largest absolute Gasteiger partial charge is 0.368 e. The average Bonchev–Trinajstić information content (AvgIpc) is 3.35. The van der Waals surface area contributed by atoms with Gasteiger partial charge in [0.1, 0.15) is 11.9 Å². The molecule has 1 atom stereocenters. The molecular weight excluding hydrogens is 356 g/mol. The number of nitrogens with zero attached hydrogens (tertiary/aromatic N) is 2. The van der Waals surface area contributed by atoms with E-state index in [9.17, 15) is 9.59 Å². The zero-order valence-electron chi connectivity index (χ0n) is 16.4. The fraction of sp³-hybridized carbons (Fsp3) is 0.571. The number of rotatable bonds is 5. The zero-order chi connectivity index (χ0) is 19.5. The summed E-state index contributed by atoms with van der Waals surface area (Å²) in [5.74, 6) is 0.929. The third-order valence-electron chi connectivity index (χ3n) is 5.86. The summed E-state index contributed by atoms with van der Waals surface area (Å²) in [5, 5.41) is 5.96. The van der Waals surface area contributed by atoms with Gasteiger partial charge in [-0.1, -0.05) is 19.3 Å². The molecular formula is C21H28N4O3. The average molecular weight is 384 g/mol. The normalized spacial score (nSPS) is 20.4. The van der Waals surface area contributed by atoms with Crippen molar-refractivity contribution in [3.05, 3.63) is 24.0 Å². The van der Waals surface area contributed by atoms with Crippen molar-refractivity contribution >= 4 is 28.5 Å². The Morgan fingerprint density at radius 3 is 2.71 bits per heavy atom. The molecule has 2 heterocycles. The number of aryl methyl sites for hydroxylation is 1. The summed E-state index contributed by atoms with van der Waals surface area (Å²) in [7, 11) is 1.93. The van der Waals surface area contributed by atoms with Crippen molar-refractivity contribution in [1.29, 1.82) is 0 Å². The van der Waals surface area contributed by atoms with Gasteiger partial charge in [0.15, 0.2) is 0 Å². The van der Waals surface area contributed by atoms with Crippen LogP contribution in [0.5, 0.6) is 0 Å². The van der Waals surface area contributed by atoms with E-state index in [-0.39, 0.29) is 23.8 Å². The first-order valence-electron chi connectivity index (χ1n) is 10.3. The van der Waals surface area contributed by atoms with Crippen LogP contribution in [0.2, 0.25) is 0 Å². The minimum absolute atomic E-state index is 0.0787. The van der Waals surface area contributed by atoms with Crippen molar-refractivity contribution in [2.24, 2.45) is 13.0 Å². The Kier molecular flexibility index (Phi) is 5.62. The molecule has 1 saturated carbocycles. The van der Waals surface area contributed by atoms with E-state index in [1.165, 1.54) is 6.42 Å². The van der Waals surface area contributed by atoms with Gasteiger partial charge in [-0.05, 0) is 43.9 Å². The molecule has 1 aromatic carbocycles. The Balaban J connectivity index is 1.42. The van der Waals surface area contributed by atoms with Gasteiger partial charge < -0.3 is 19.9 Å². The monoisotopic (exact) mass is 384 g/mol. The molecule has 0 bridgehead atoms. The molecule has 2 fully saturated rings. The summed E-state index contributed by atoms with van der Waals surface area (Å²) in [6, 6.07) is 5.78. The van der Waals surface area contributed by atoms with E-state index < -0.39 is 0 Å². The van der Waals surface area contributed by atoms with Crippen molar-refractivity contribution < 1.29 is 14.3 Å². The van der Waals surface area contributed by atoms with Gasteiger partial charge in [0.2, 0.25) is 11.8 Å². The number of carbonyl (C=O) groups excluding carboxylic acids is 2. The van der Waals surface area contributed by atoms with Crippen molar-refractivity contribution in [2.45, 2.75) is 57.6 Å². The summed E-state index contributed by atoms with van der Waals surface area (Å²) < 4.78 is 7.39. The molecule has 0 radical (unpaired) electrons. The number of imidazole rings is 1. The SMILES string of the molecule is Cn1c(CNC(=O)[C@H]2CCCO2)nc2cc(NC(=O)C3CCCCC3)ccc21. The number of amides is 2. The van der Waals surface area contributed by atoms with E-state index in [0.29, 0.717) is 13.2 Å².